The van der Waals surface area contributed by atoms with E-state index in [-0.39, 0.29) is 12.9 Å². The highest BCUT2D eigenvalue weighted by Gasteiger charge is 2.04. The summed E-state index contributed by atoms with van der Waals surface area (Å²) in [6.07, 6.45) is 0.646. The number of hydrogen-bond donors (Lipinski definition) is 1. The summed E-state index contributed by atoms with van der Waals surface area (Å²) in [4.78, 5) is 0. The van der Waals surface area contributed by atoms with Crippen molar-refractivity contribution in [3.8, 4) is 0 Å². The van der Waals surface area contributed by atoms with E-state index in [2.05, 4.69) is 0 Å². The predicted octanol–water partition coefficient (Wildman–Crippen LogP) is 1.01. The zero-order valence-corrected chi connectivity index (χ0v) is 7.54. The van der Waals surface area contributed by atoms with Crippen LogP contribution >= 0.6 is 0 Å². The quantitative estimate of drug-likeness (QED) is 0.592. The maximum atomic E-state index is 8.57. The fraction of sp³-hybridized carbons (Fsp3) is 1.00. The molecule has 0 aromatic heterocycles. The molecule has 11 heavy (non-hydrogen) atoms. The molecular weight excluding hydrogens is 144 g/mol. The second kappa shape index (κ2) is 6.58. The number of aliphatic hydroxyl groups is 1. The topological polar surface area (TPSA) is 38.7 Å². The second-order valence-corrected chi connectivity index (χ2v) is 2.75. The van der Waals surface area contributed by atoms with Crippen molar-refractivity contribution in [2.24, 2.45) is 5.92 Å². The van der Waals surface area contributed by atoms with Crippen LogP contribution in [0.2, 0.25) is 0 Å². The highest BCUT2D eigenvalue weighted by molar-refractivity contribution is 4.49. The number of aliphatic hydroxyl groups excluding tert-OH is 1. The van der Waals surface area contributed by atoms with Crippen molar-refractivity contribution in [3.63, 3.8) is 0 Å². The molecular formula is C8H18O3. The van der Waals surface area contributed by atoms with E-state index in [1.54, 1.807) is 7.11 Å². The van der Waals surface area contributed by atoms with E-state index in [0.717, 1.165) is 6.42 Å². The van der Waals surface area contributed by atoms with Gasteiger partial charge in [0, 0.05) is 13.7 Å². The molecule has 0 fully saturated rings. The van der Waals surface area contributed by atoms with Gasteiger partial charge in [0.1, 0.15) is 0 Å². The van der Waals surface area contributed by atoms with Gasteiger partial charge < -0.3 is 14.6 Å². The van der Waals surface area contributed by atoms with Crippen LogP contribution in [0.4, 0.5) is 0 Å². The predicted molar refractivity (Wildman–Crippen MR) is 43.3 cm³/mol. The molecule has 0 aliphatic carbocycles. The smallest absolute Gasteiger partial charge is 0.154 e. The molecule has 2 unspecified atom stereocenters. The van der Waals surface area contributed by atoms with Gasteiger partial charge >= 0.3 is 0 Å². The Labute approximate surface area is 68.3 Å². The van der Waals surface area contributed by atoms with Gasteiger partial charge in [0.25, 0.3) is 0 Å². The molecule has 3 heteroatoms. The third-order valence-corrected chi connectivity index (χ3v) is 1.57. The van der Waals surface area contributed by atoms with Crippen LogP contribution in [0.1, 0.15) is 20.3 Å². The largest absolute Gasteiger partial charge is 0.396 e. The van der Waals surface area contributed by atoms with E-state index in [1.165, 1.54) is 0 Å². The van der Waals surface area contributed by atoms with Crippen molar-refractivity contribution in [2.75, 3.05) is 20.3 Å². The molecule has 1 N–H and O–H groups in total. The summed E-state index contributed by atoms with van der Waals surface area (Å²) in [7, 11) is 1.61. The van der Waals surface area contributed by atoms with Gasteiger partial charge in [0.15, 0.2) is 6.29 Å². The minimum Gasteiger partial charge on any atom is -0.396 e. The molecule has 0 rings (SSSR count). The molecule has 0 saturated carbocycles. The summed E-state index contributed by atoms with van der Waals surface area (Å²) in [5.41, 5.74) is 0. The van der Waals surface area contributed by atoms with Crippen molar-refractivity contribution in [1.29, 1.82) is 0 Å². The summed E-state index contributed by atoms with van der Waals surface area (Å²) in [5, 5.41) is 8.57. The van der Waals surface area contributed by atoms with Crippen LogP contribution < -0.4 is 0 Å². The zero-order valence-electron chi connectivity index (χ0n) is 7.54. The standard InChI is InChI=1S/C8H18O3/c1-7(4-5-9)6-11-8(2)10-3/h7-9H,4-6H2,1-3H3. The van der Waals surface area contributed by atoms with Crippen molar-refractivity contribution in [2.45, 2.75) is 26.6 Å². The minimum absolute atomic E-state index is 0.142. The molecule has 0 aliphatic heterocycles. The molecule has 3 nitrogen and oxygen atoms in total. The molecule has 0 aliphatic rings. The lowest BCUT2D eigenvalue weighted by Crippen LogP contribution is -2.16. The first-order valence-corrected chi connectivity index (χ1v) is 3.96. The Bertz CT molecular complexity index is 85.4. The first kappa shape index (κ1) is 10.9. The summed E-state index contributed by atoms with van der Waals surface area (Å²) >= 11 is 0. The molecule has 0 radical (unpaired) electrons. The lowest BCUT2D eigenvalue weighted by molar-refractivity contribution is -0.119. The van der Waals surface area contributed by atoms with Crippen LogP contribution in [0.25, 0.3) is 0 Å². The molecule has 0 amide bonds. The second-order valence-electron chi connectivity index (χ2n) is 2.75. The average molecular weight is 162 g/mol. The first-order valence-electron chi connectivity index (χ1n) is 3.96. The Morgan fingerprint density at radius 3 is 2.45 bits per heavy atom. The van der Waals surface area contributed by atoms with E-state index >= 15 is 0 Å². The van der Waals surface area contributed by atoms with Crippen LogP contribution in [-0.2, 0) is 9.47 Å². The van der Waals surface area contributed by atoms with Gasteiger partial charge in [-0.1, -0.05) is 6.92 Å². The SMILES string of the molecule is COC(C)OCC(C)CCO. The summed E-state index contributed by atoms with van der Waals surface area (Å²) in [6, 6.07) is 0. The molecule has 0 aromatic rings. The van der Waals surface area contributed by atoms with Crippen LogP contribution in [0.15, 0.2) is 0 Å². The third-order valence-electron chi connectivity index (χ3n) is 1.57. The molecule has 0 heterocycles. The van der Waals surface area contributed by atoms with Gasteiger partial charge in [-0.25, -0.2) is 0 Å². The molecule has 0 aromatic carbocycles. The van der Waals surface area contributed by atoms with Gasteiger partial charge in [-0.15, -0.1) is 0 Å². The maximum Gasteiger partial charge on any atom is 0.154 e. The van der Waals surface area contributed by atoms with E-state index in [4.69, 9.17) is 14.6 Å². The minimum atomic E-state index is -0.142. The number of methoxy groups -OCH3 is 1. The lowest BCUT2D eigenvalue weighted by Gasteiger charge is -2.14. The van der Waals surface area contributed by atoms with E-state index in [9.17, 15) is 0 Å². The van der Waals surface area contributed by atoms with E-state index < -0.39 is 0 Å². The third kappa shape index (κ3) is 6.28. The van der Waals surface area contributed by atoms with Crippen LogP contribution in [0.3, 0.4) is 0 Å². The van der Waals surface area contributed by atoms with Crippen LogP contribution in [0.5, 0.6) is 0 Å². The Kier molecular flexibility index (Phi) is 6.51. The maximum absolute atomic E-state index is 8.57. The van der Waals surface area contributed by atoms with Crippen molar-refractivity contribution >= 4 is 0 Å². The number of rotatable bonds is 6. The summed E-state index contributed by atoms with van der Waals surface area (Å²) in [6.45, 7) is 4.77. The Morgan fingerprint density at radius 2 is 2.00 bits per heavy atom. The highest BCUT2D eigenvalue weighted by atomic mass is 16.7. The molecule has 0 saturated heterocycles. The van der Waals surface area contributed by atoms with Gasteiger partial charge in [-0.2, -0.15) is 0 Å². The van der Waals surface area contributed by atoms with Crippen LogP contribution in [-0.4, -0.2) is 31.7 Å². The molecule has 68 valence electrons. The fourth-order valence-electron chi connectivity index (χ4n) is 0.672. The Hall–Kier alpha value is -0.120. The van der Waals surface area contributed by atoms with Gasteiger partial charge in [-0.05, 0) is 19.3 Å². The summed E-state index contributed by atoms with van der Waals surface area (Å²) < 4.78 is 10.2. The van der Waals surface area contributed by atoms with E-state index in [0.29, 0.717) is 12.5 Å². The lowest BCUT2D eigenvalue weighted by atomic mass is 10.1. The van der Waals surface area contributed by atoms with Crippen molar-refractivity contribution < 1.29 is 14.6 Å². The first-order chi connectivity index (χ1) is 5.20. The van der Waals surface area contributed by atoms with Crippen LogP contribution in [0, 0.1) is 5.92 Å². The monoisotopic (exact) mass is 162 g/mol. The zero-order chi connectivity index (χ0) is 8.69. The number of ether oxygens (including phenoxy) is 2. The summed E-state index contributed by atoms with van der Waals surface area (Å²) in [5.74, 6) is 0.401. The normalized spacial score (nSPS) is 16.4. The molecule has 0 bridgehead atoms. The Balaban J connectivity index is 3.22. The van der Waals surface area contributed by atoms with Gasteiger partial charge in [-0.3, -0.25) is 0 Å². The Morgan fingerprint density at radius 1 is 1.36 bits per heavy atom. The van der Waals surface area contributed by atoms with Gasteiger partial charge in [0.05, 0.1) is 6.61 Å². The fourth-order valence-corrected chi connectivity index (χ4v) is 0.672. The molecule has 0 spiro atoms. The highest BCUT2D eigenvalue weighted by Crippen LogP contribution is 2.03. The van der Waals surface area contributed by atoms with Gasteiger partial charge in [0.2, 0.25) is 0 Å². The average Bonchev–Trinajstić information content (AvgIpc) is 2.01. The molecule has 2 atom stereocenters. The van der Waals surface area contributed by atoms with Crippen molar-refractivity contribution in [1.82, 2.24) is 0 Å². The van der Waals surface area contributed by atoms with Crippen molar-refractivity contribution in [3.05, 3.63) is 0 Å². The number of hydrogen-bond acceptors (Lipinski definition) is 3. The van der Waals surface area contributed by atoms with E-state index in [1.807, 2.05) is 13.8 Å².